The third-order valence-electron chi connectivity index (χ3n) is 4.29. The summed E-state index contributed by atoms with van der Waals surface area (Å²) in [6, 6.07) is 27.8. The summed E-state index contributed by atoms with van der Waals surface area (Å²) in [6.45, 7) is 4.60. The molecule has 0 spiro atoms. The summed E-state index contributed by atoms with van der Waals surface area (Å²) in [5.41, 5.74) is 4.82. The summed E-state index contributed by atoms with van der Waals surface area (Å²) < 4.78 is 2.18. The highest BCUT2D eigenvalue weighted by atomic mass is 79.9. The largest absolute Gasteiger partial charge is 1.00 e. The summed E-state index contributed by atoms with van der Waals surface area (Å²) in [4.78, 5) is 5.76. The fraction of sp³-hybridized carbons (Fsp3) is 0.0417. The topological polar surface area (TPSA) is 42.0 Å². The lowest BCUT2D eigenvalue weighted by Gasteiger charge is -2.06. The minimum Gasteiger partial charge on any atom is -1.00 e. The summed E-state index contributed by atoms with van der Waals surface area (Å²) in [7, 11) is 0. The van der Waals surface area contributed by atoms with Gasteiger partial charge in [-0.3, -0.25) is 0 Å². The smallest absolute Gasteiger partial charge is 0.190 e. The van der Waals surface area contributed by atoms with Crippen LogP contribution in [-0.2, 0) is 6.54 Å². The fourth-order valence-electron chi connectivity index (χ4n) is 2.88. The van der Waals surface area contributed by atoms with E-state index in [2.05, 4.69) is 38.9 Å². The molecular weight excluding hydrogens is 456 g/mol. The molecular formula is C24H20BrN4S-. The van der Waals surface area contributed by atoms with Crippen molar-refractivity contribution in [3.63, 3.8) is 0 Å². The molecule has 0 radical (unpaired) electrons. The number of aromatic nitrogens is 1. The maximum Gasteiger partial charge on any atom is 0.190 e. The van der Waals surface area contributed by atoms with Crippen LogP contribution in [0.15, 0.2) is 118 Å². The van der Waals surface area contributed by atoms with Crippen LogP contribution in [0.3, 0.4) is 0 Å². The Morgan fingerprint density at radius 1 is 0.767 bits per heavy atom. The van der Waals surface area contributed by atoms with Gasteiger partial charge in [-0.1, -0.05) is 54.6 Å². The molecule has 4 rings (SSSR count). The highest BCUT2D eigenvalue weighted by Crippen LogP contribution is 2.23. The highest BCUT2D eigenvalue weighted by molar-refractivity contribution is 7.07. The predicted octanol–water partition coefficient (Wildman–Crippen LogP) is 4.05. The monoisotopic (exact) mass is 475 g/mol. The lowest BCUT2D eigenvalue weighted by molar-refractivity contribution is -0.00000576. The van der Waals surface area contributed by atoms with Gasteiger partial charge in [-0.05, 0) is 42.0 Å². The van der Waals surface area contributed by atoms with Gasteiger partial charge in [-0.15, -0.1) is 17.9 Å². The minimum atomic E-state index is 0. The van der Waals surface area contributed by atoms with Gasteiger partial charge < -0.3 is 21.5 Å². The second kappa shape index (κ2) is 10.6. The summed E-state index contributed by atoms with van der Waals surface area (Å²) >= 11 is 1.62. The van der Waals surface area contributed by atoms with E-state index >= 15 is 0 Å². The first kappa shape index (κ1) is 21.6. The first-order valence-electron chi connectivity index (χ1n) is 9.30. The Kier molecular flexibility index (Phi) is 7.65. The Bertz CT molecular complexity index is 1180. The van der Waals surface area contributed by atoms with E-state index in [0.717, 1.165) is 27.6 Å². The van der Waals surface area contributed by atoms with Crippen molar-refractivity contribution >= 4 is 28.4 Å². The molecule has 3 aromatic carbocycles. The van der Waals surface area contributed by atoms with Crippen molar-refractivity contribution in [2.75, 3.05) is 0 Å². The van der Waals surface area contributed by atoms with E-state index in [1.807, 2.05) is 78.9 Å². The third-order valence-corrected chi connectivity index (χ3v) is 5.15. The van der Waals surface area contributed by atoms with E-state index in [0.29, 0.717) is 6.54 Å². The molecule has 0 N–H and O–H groups in total. The molecule has 0 aliphatic rings. The van der Waals surface area contributed by atoms with Crippen molar-refractivity contribution in [2.45, 2.75) is 6.54 Å². The number of rotatable bonds is 6. The Morgan fingerprint density at radius 2 is 1.33 bits per heavy atom. The normalized spacial score (nSPS) is 11.4. The Balaban J connectivity index is 0.00000256. The number of allylic oxidation sites excluding steroid dienone is 1. The van der Waals surface area contributed by atoms with Crippen molar-refractivity contribution < 1.29 is 17.0 Å². The zero-order valence-electron chi connectivity index (χ0n) is 16.2. The molecule has 0 amide bonds. The van der Waals surface area contributed by atoms with Crippen molar-refractivity contribution in [1.29, 1.82) is 0 Å². The standard InChI is InChI=1S/C24H20N4S.BrH/c1-2-17-28-23(19-9-5-3-6-10-19)18-29-24(28)25-20-13-15-22(16-14-20)27-26-21-11-7-4-8-12-21;/h2-16,18H,1,17H2;1H/p-1. The molecule has 4 aromatic rings. The average Bonchev–Trinajstić information content (AvgIpc) is 3.17. The lowest BCUT2D eigenvalue weighted by Crippen LogP contribution is -3.00. The van der Waals surface area contributed by atoms with Crippen LogP contribution < -0.4 is 21.8 Å². The van der Waals surface area contributed by atoms with Crippen LogP contribution in [-0.4, -0.2) is 4.57 Å². The number of benzene rings is 3. The number of halogens is 1. The first-order chi connectivity index (χ1) is 14.3. The number of hydrogen-bond donors (Lipinski definition) is 0. The van der Waals surface area contributed by atoms with Crippen LogP contribution >= 0.6 is 11.3 Å². The summed E-state index contributed by atoms with van der Waals surface area (Å²) in [6.07, 6.45) is 1.89. The van der Waals surface area contributed by atoms with Gasteiger partial charge in [0.05, 0.1) is 22.8 Å². The molecule has 150 valence electrons. The number of nitrogens with zero attached hydrogens (tertiary/aromatic N) is 4. The van der Waals surface area contributed by atoms with Crippen LogP contribution in [0.25, 0.3) is 11.3 Å². The molecule has 0 bridgehead atoms. The van der Waals surface area contributed by atoms with Gasteiger partial charge in [-0.25, -0.2) is 4.99 Å². The van der Waals surface area contributed by atoms with Gasteiger partial charge in [0.2, 0.25) is 0 Å². The van der Waals surface area contributed by atoms with E-state index in [1.165, 1.54) is 5.56 Å². The Labute approximate surface area is 190 Å². The first-order valence-corrected chi connectivity index (χ1v) is 10.2. The average molecular weight is 476 g/mol. The summed E-state index contributed by atoms with van der Waals surface area (Å²) in [5.74, 6) is 0. The molecule has 1 heterocycles. The van der Waals surface area contributed by atoms with Gasteiger partial charge in [0, 0.05) is 11.9 Å². The third kappa shape index (κ3) is 5.28. The SMILES string of the molecule is C=CCn1c(-c2ccccc2)csc1=Nc1ccc(N=Nc2ccccc2)cc1.[Br-]. The predicted molar refractivity (Wildman–Crippen MR) is 120 cm³/mol. The van der Waals surface area contributed by atoms with Crippen LogP contribution in [0.2, 0.25) is 0 Å². The number of azo groups is 1. The van der Waals surface area contributed by atoms with Crippen LogP contribution in [0.5, 0.6) is 0 Å². The molecule has 4 nitrogen and oxygen atoms in total. The van der Waals surface area contributed by atoms with Crippen LogP contribution in [0, 0.1) is 0 Å². The maximum absolute atomic E-state index is 4.83. The second-order valence-corrected chi connectivity index (χ2v) is 7.17. The van der Waals surface area contributed by atoms with Crippen molar-refractivity contribution in [1.82, 2.24) is 4.57 Å². The molecule has 1 aromatic heterocycles. The van der Waals surface area contributed by atoms with Crippen LogP contribution in [0.4, 0.5) is 17.1 Å². The van der Waals surface area contributed by atoms with Crippen molar-refractivity contribution in [3.8, 4) is 11.3 Å². The molecule has 0 atom stereocenters. The number of hydrogen-bond acceptors (Lipinski definition) is 4. The molecule has 0 aliphatic heterocycles. The van der Waals surface area contributed by atoms with E-state index in [9.17, 15) is 0 Å². The van der Waals surface area contributed by atoms with Gasteiger partial charge in [0.1, 0.15) is 0 Å². The Hall–Kier alpha value is -3.09. The minimum absolute atomic E-state index is 0. The summed E-state index contributed by atoms with van der Waals surface area (Å²) in [5, 5.41) is 10.7. The van der Waals surface area contributed by atoms with Crippen molar-refractivity contribution in [2.24, 2.45) is 15.2 Å². The zero-order chi connectivity index (χ0) is 19.9. The van der Waals surface area contributed by atoms with E-state index in [4.69, 9.17) is 4.99 Å². The van der Waals surface area contributed by atoms with Gasteiger partial charge in [0.25, 0.3) is 0 Å². The quantitative estimate of drug-likeness (QED) is 0.298. The second-order valence-electron chi connectivity index (χ2n) is 6.33. The maximum atomic E-state index is 4.83. The fourth-order valence-corrected chi connectivity index (χ4v) is 3.82. The van der Waals surface area contributed by atoms with Gasteiger partial charge in [-0.2, -0.15) is 10.2 Å². The Morgan fingerprint density at radius 3 is 1.97 bits per heavy atom. The van der Waals surface area contributed by atoms with Gasteiger partial charge in [0.15, 0.2) is 4.80 Å². The zero-order valence-corrected chi connectivity index (χ0v) is 18.6. The van der Waals surface area contributed by atoms with Gasteiger partial charge >= 0.3 is 0 Å². The molecule has 0 fully saturated rings. The number of thiazole rings is 1. The van der Waals surface area contributed by atoms with E-state index in [1.54, 1.807) is 11.3 Å². The lowest BCUT2D eigenvalue weighted by atomic mass is 10.2. The highest BCUT2D eigenvalue weighted by Gasteiger charge is 2.06. The molecule has 30 heavy (non-hydrogen) atoms. The molecule has 0 unspecified atom stereocenters. The molecule has 6 heteroatoms. The van der Waals surface area contributed by atoms with E-state index < -0.39 is 0 Å². The van der Waals surface area contributed by atoms with Crippen molar-refractivity contribution in [3.05, 3.63) is 108 Å². The molecule has 0 aliphatic carbocycles. The van der Waals surface area contributed by atoms with Crippen LogP contribution in [0.1, 0.15) is 0 Å². The molecule has 0 saturated heterocycles. The molecule has 0 saturated carbocycles. The van der Waals surface area contributed by atoms with E-state index in [-0.39, 0.29) is 17.0 Å².